The van der Waals surface area contributed by atoms with Gasteiger partial charge in [-0.15, -0.1) is 0 Å². The summed E-state index contributed by atoms with van der Waals surface area (Å²) in [5, 5.41) is 0. The molecule has 2 nitrogen and oxygen atoms in total. The molecule has 1 fully saturated rings. The smallest absolute Gasteiger partial charge is 0.139 e. The van der Waals surface area contributed by atoms with E-state index in [0.29, 0.717) is 18.1 Å². The number of Topliss-reactive ketones (excluding diaryl/α,β-unsaturated/α-hetero) is 1. The van der Waals surface area contributed by atoms with E-state index in [9.17, 15) is 4.79 Å². The number of pyridine rings is 1. The van der Waals surface area contributed by atoms with Crippen LogP contribution < -0.4 is 0 Å². The maximum absolute atomic E-state index is 11.8. The van der Waals surface area contributed by atoms with Crippen LogP contribution in [0, 0.1) is 5.92 Å². The third-order valence-corrected chi connectivity index (χ3v) is 3.35. The molecule has 0 amide bonds. The maximum Gasteiger partial charge on any atom is 0.139 e. The Morgan fingerprint density at radius 2 is 2.06 bits per heavy atom. The number of carbonyl (C=O) groups is 1. The van der Waals surface area contributed by atoms with E-state index in [2.05, 4.69) is 4.98 Å². The molecule has 2 heteroatoms. The lowest BCUT2D eigenvalue weighted by molar-refractivity contribution is -0.119. The van der Waals surface area contributed by atoms with Gasteiger partial charge in [-0.2, -0.15) is 0 Å². The van der Waals surface area contributed by atoms with E-state index in [1.807, 2.05) is 18.2 Å². The van der Waals surface area contributed by atoms with Crippen LogP contribution in [-0.2, 0) is 11.2 Å². The van der Waals surface area contributed by atoms with Crippen molar-refractivity contribution in [3.05, 3.63) is 30.1 Å². The van der Waals surface area contributed by atoms with E-state index in [1.165, 1.54) is 32.1 Å². The van der Waals surface area contributed by atoms with Gasteiger partial charge < -0.3 is 0 Å². The van der Waals surface area contributed by atoms with Gasteiger partial charge in [-0.25, -0.2) is 0 Å². The highest BCUT2D eigenvalue weighted by Gasteiger charge is 2.17. The van der Waals surface area contributed by atoms with Gasteiger partial charge in [0.05, 0.1) is 0 Å². The van der Waals surface area contributed by atoms with Crippen molar-refractivity contribution in [2.24, 2.45) is 5.92 Å². The molecule has 0 unspecified atom stereocenters. The molecule has 1 aliphatic carbocycles. The van der Waals surface area contributed by atoms with E-state index in [4.69, 9.17) is 0 Å². The van der Waals surface area contributed by atoms with Gasteiger partial charge in [0.1, 0.15) is 5.78 Å². The lowest BCUT2D eigenvalue weighted by Crippen LogP contribution is -2.14. The first-order chi connectivity index (χ1) is 7.84. The number of nitrogens with zero attached hydrogens (tertiary/aromatic N) is 1. The Balaban J connectivity index is 1.80. The van der Waals surface area contributed by atoms with Crippen LogP contribution in [0.5, 0.6) is 0 Å². The summed E-state index contributed by atoms with van der Waals surface area (Å²) in [6, 6.07) is 5.75. The number of hydrogen-bond donors (Lipinski definition) is 0. The van der Waals surface area contributed by atoms with Crippen molar-refractivity contribution in [2.75, 3.05) is 0 Å². The minimum Gasteiger partial charge on any atom is -0.299 e. The molecule has 0 radical (unpaired) electrons. The van der Waals surface area contributed by atoms with Crippen LogP contribution in [0.15, 0.2) is 24.4 Å². The van der Waals surface area contributed by atoms with Crippen LogP contribution in [0.1, 0.15) is 44.2 Å². The third-order valence-electron chi connectivity index (χ3n) is 3.35. The molecule has 0 aliphatic heterocycles. The van der Waals surface area contributed by atoms with Gasteiger partial charge in [0.15, 0.2) is 0 Å². The summed E-state index contributed by atoms with van der Waals surface area (Å²) < 4.78 is 0. The summed E-state index contributed by atoms with van der Waals surface area (Å²) in [4.78, 5) is 16.0. The SMILES string of the molecule is O=C(Cc1ccccn1)CC1CCCCC1. The summed E-state index contributed by atoms with van der Waals surface area (Å²) in [5.41, 5.74) is 0.906. The molecule has 2 rings (SSSR count). The van der Waals surface area contributed by atoms with E-state index < -0.39 is 0 Å². The van der Waals surface area contributed by atoms with Crippen LogP contribution in [0.4, 0.5) is 0 Å². The molecule has 1 heterocycles. The first-order valence-electron chi connectivity index (χ1n) is 6.26. The van der Waals surface area contributed by atoms with Crippen LogP contribution >= 0.6 is 0 Å². The largest absolute Gasteiger partial charge is 0.299 e. The van der Waals surface area contributed by atoms with E-state index >= 15 is 0 Å². The lowest BCUT2D eigenvalue weighted by atomic mass is 9.85. The predicted molar refractivity (Wildman–Crippen MR) is 64.1 cm³/mol. The normalized spacial score (nSPS) is 17.2. The van der Waals surface area contributed by atoms with Gasteiger partial charge in [-0.3, -0.25) is 9.78 Å². The average Bonchev–Trinajstić information content (AvgIpc) is 2.31. The molecule has 0 spiro atoms. The summed E-state index contributed by atoms with van der Waals surface area (Å²) in [6.45, 7) is 0. The highest BCUT2D eigenvalue weighted by atomic mass is 16.1. The first-order valence-corrected chi connectivity index (χ1v) is 6.26. The van der Waals surface area contributed by atoms with E-state index in [0.717, 1.165) is 12.1 Å². The minimum atomic E-state index is 0.352. The zero-order valence-corrected chi connectivity index (χ0v) is 9.69. The molecule has 1 aliphatic rings. The second kappa shape index (κ2) is 5.78. The van der Waals surface area contributed by atoms with Gasteiger partial charge in [0.25, 0.3) is 0 Å². The van der Waals surface area contributed by atoms with E-state index in [1.54, 1.807) is 6.20 Å². The Morgan fingerprint density at radius 3 is 2.75 bits per heavy atom. The van der Waals surface area contributed by atoms with Gasteiger partial charge in [-0.05, 0) is 18.1 Å². The molecule has 0 saturated heterocycles. The van der Waals surface area contributed by atoms with Crippen molar-refractivity contribution < 1.29 is 4.79 Å². The molecule has 0 bridgehead atoms. The quantitative estimate of drug-likeness (QED) is 0.775. The molecule has 0 atom stereocenters. The fourth-order valence-electron chi connectivity index (χ4n) is 2.49. The molecular weight excluding hydrogens is 198 g/mol. The molecule has 16 heavy (non-hydrogen) atoms. The van der Waals surface area contributed by atoms with Gasteiger partial charge >= 0.3 is 0 Å². The first kappa shape index (κ1) is 11.3. The predicted octanol–water partition coefficient (Wildman–Crippen LogP) is 3.16. The molecule has 0 N–H and O–H groups in total. The Bertz CT molecular complexity index is 328. The zero-order chi connectivity index (χ0) is 11.2. The number of aromatic nitrogens is 1. The third kappa shape index (κ3) is 3.44. The topological polar surface area (TPSA) is 30.0 Å². The Labute approximate surface area is 97.1 Å². The highest BCUT2D eigenvalue weighted by Crippen LogP contribution is 2.26. The van der Waals surface area contributed by atoms with Gasteiger partial charge in [-0.1, -0.05) is 38.2 Å². The second-order valence-corrected chi connectivity index (χ2v) is 4.74. The maximum atomic E-state index is 11.8. The standard InChI is InChI=1S/C14H19NO/c16-14(10-12-6-2-1-3-7-12)11-13-8-4-5-9-15-13/h4-5,8-9,12H,1-3,6-7,10-11H2. The van der Waals surface area contributed by atoms with Gasteiger partial charge in [0, 0.05) is 24.7 Å². The Kier molecular flexibility index (Phi) is 4.09. The molecule has 1 saturated carbocycles. The summed E-state index contributed by atoms with van der Waals surface area (Å²) in [7, 11) is 0. The van der Waals surface area contributed by atoms with Crippen LogP contribution in [0.3, 0.4) is 0 Å². The lowest BCUT2D eigenvalue weighted by Gasteiger charge is -2.20. The average molecular weight is 217 g/mol. The number of carbonyl (C=O) groups excluding carboxylic acids is 1. The summed E-state index contributed by atoms with van der Waals surface area (Å²) >= 11 is 0. The van der Waals surface area contributed by atoms with Crippen LogP contribution in [0.2, 0.25) is 0 Å². The second-order valence-electron chi connectivity index (χ2n) is 4.74. The Hall–Kier alpha value is -1.18. The monoisotopic (exact) mass is 217 g/mol. The van der Waals surface area contributed by atoms with Crippen molar-refractivity contribution in [1.29, 1.82) is 0 Å². The van der Waals surface area contributed by atoms with Crippen molar-refractivity contribution in [1.82, 2.24) is 4.98 Å². The number of ketones is 1. The molecule has 1 aromatic heterocycles. The number of rotatable bonds is 4. The molecular formula is C14H19NO. The fourth-order valence-corrected chi connectivity index (χ4v) is 2.49. The fraction of sp³-hybridized carbons (Fsp3) is 0.571. The molecule has 0 aromatic carbocycles. The molecule has 1 aromatic rings. The van der Waals surface area contributed by atoms with Crippen LogP contribution in [0.25, 0.3) is 0 Å². The van der Waals surface area contributed by atoms with Crippen molar-refractivity contribution in [3.63, 3.8) is 0 Å². The van der Waals surface area contributed by atoms with Crippen molar-refractivity contribution in [3.8, 4) is 0 Å². The van der Waals surface area contributed by atoms with Crippen LogP contribution in [-0.4, -0.2) is 10.8 Å². The van der Waals surface area contributed by atoms with Crippen molar-refractivity contribution >= 4 is 5.78 Å². The summed E-state index contributed by atoms with van der Waals surface area (Å²) in [5.74, 6) is 0.996. The highest BCUT2D eigenvalue weighted by molar-refractivity contribution is 5.80. The molecule has 86 valence electrons. The van der Waals surface area contributed by atoms with E-state index in [-0.39, 0.29) is 0 Å². The number of hydrogen-bond acceptors (Lipinski definition) is 2. The minimum absolute atomic E-state index is 0.352. The zero-order valence-electron chi connectivity index (χ0n) is 9.69. The Morgan fingerprint density at radius 1 is 1.25 bits per heavy atom. The summed E-state index contributed by atoms with van der Waals surface area (Å²) in [6.07, 6.45) is 9.48. The van der Waals surface area contributed by atoms with Gasteiger partial charge in [0.2, 0.25) is 0 Å². The van der Waals surface area contributed by atoms with Crippen molar-refractivity contribution in [2.45, 2.75) is 44.9 Å².